The van der Waals surface area contributed by atoms with Gasteiger partial charge in [0.2, 0.25) is 11.7 Å². The molecule has 1 aromatic heterocycles. The molecule has 1 aliphatic heterocycles. The maximum absolute atomic E-state index is 13.3. The number of anilines is 1. The summed E-state index contributed by atoms with van der Waals surface area (Å²) >= 11 is 6.06. The van der Waals surface area contributed by atoms with Crippen LogP contribution < -0.4 is 21.3 Å². The van der Waals surface area contributed by atoms with Gasteiger partial charge in [-0.3, -0.25) is 29.0 Å². The van der Waals surface area contributed by atoms with E-state index in [0.717, 1.165) is 19.0 Å². The number of halogens is 4. The highest BCUT2D eigenvalue weighted by Crippen LogP contribution is 2.29. The number of Topliss-reactive ketones (excluding diaryl/α,β-unsaturated/α-hetero) is 1. The Labute approximate surface area is 231 Å². The Morgan fingerprint density at radius 1 is 1.12 bits per heavy atom. The Balaban J connectivity index is 1.56. The number of rotatable bonds is 9. The fourth-order valence-electron chi connectivity index (χ4n) is 4.28. The summed E-state index contributed by atoms with van der Waals surface area (Å²) in [6.45, 7) is 1.79. The summed E-state index contributed by atoms with van der Waals surface area (Å²) in [5, 5.41) is 10.2. The van der Waals surface area contributed by atoms with E-state index >= 15 is 0 Å². The van der Waals surface area contributed by atoms with Gasteiger partial charge in [-0.1, -0.05) is 11.6 Å². The number of carbonyl (C=O) groups is 5. The lowest BCUT2D eigenvalue weighted by molar-refractivity contribution is -0.139. The van der Waals surface area contributed by atoms with E-state index < -0.39 is 52.9 Å². The third kappa shape index (κ3) is 7.14. The molecule has 2 aliphatic rings. The normalized spacial score (nSPS) is 19.4. The summed E-state index contributed by atoms with van der Waals surface area (Å²) in [5.74, 6) is -4.72. The van der Waals surface area contributed by atoms with Crippen molar-refractivity contribution in [2.45, 2.75) is 56.9 Å². The molecule has 40 heavy (non-hydrogen) atoms. The summed E-state index contributed by atoms with van der Waals surface area (Å²) < 4.78 is 39.2. The van der Waals surface area contributed by atoms with Crippen LogP contribution >= 0.6 is 11.6 Å². The number of alkyl halides is 3. The van der Waals surface area contributed by atoms with Crippen molar-refractivity contribution in [1.29, 1.82) is 0 Å². The number of hydrogen-bond acceptors (Lipinski definition) is 6. The molecule has 1 unspecified atom stereocenters. The lowest BCUT2D eigenvalue weighted by atomic mass is 9.93. The maximum atomic E-state index is 13.3. The van der Waals surface area contributed by atoms with E-state index in [1.807, 2.05) is 0 Å². The first kappa shape index (κ1) is 29.0. The molecular weight excluding hydrogens is 555 g/mol. The lowest BCUT2D eigenvalue weighted by Crippen LogP contribution is -2.49. The highest BCUT2D eigenvalue weighted by Gasteiger charge is 2.38. The van der Waals surface area contributed by atoms with Crippen LogP contribution in [0.25, 0.3) is 0 Å². The first-order valence-corrected chi connectivity index (χ1v) is 12.8. The number of nitrogens with zero attached hydrogens (tertiary/aromatic N) is 1. The lowest BCUT2D eigenvalue weighted by Gasteiger charge is -2.21. The van der Waals surface area contributed by atoms with Gasteiger partial charge in [-0.2, -0.15) is 13.2 Å². The molecule has 2 aromatic rings. The number of aromatic nitrogens is 1. The Morgan fingerprint density at radius 2 is 1.85 bits per heavy atom. The van der Waals surface area contributed by atoms with Crippen LogP contribution in [0.2, 0.25) is 5.02 Å². The minimum absolute atomic E-state index is 0.0821. The molecule has 0 bridgehead atoms. The molecular formula is C26H25ClF3N5O5. The zero-order valence-electron chi connectivity index (χ0n) is 21.1. The van der Waals surface area contributed by atoms with Gasteiger partial charge in [0.15, 0.2) is 0 Å². The van der Waals surface area contributed by atoms with Crippen LogP contribution in [0.1, 0.15) is 59.0 Å². The van der Waals surface area contributed by atoms with E-state index in [9.17, 15) is 37.1 Å². The van der Waals surface area contributed by atoms with Crippen LogP contribution in [0, 0.1) is 5.92 Å². The molecule has 2 heterocycles. The zero-order valence-corrected chi connectivity index (χ0v) is 21.9. The SMILES string of the molecule is C[C@@H]1C[C@@H](CC(NC(=O)c2cc(Cl)ccc2NC(=O)c2cc(C(F)(F)F)ccn2)C(=O)C(=O)NC2CC2)C(=O)N1. The second-order valence-corrected chi connectivity index (χ2v) is 10.2. The van der Waals surface area contributed by atoms with Gasteiger partial charge in [0.25, 0.3) is 17.7 Å². The molecule has 1 saturated carbocycles. The van der Waals surface area contributed by atoms with Crippen molar-refractivity contribution in [3.8, 4) is 0 Å². The summed E-state index contributed by atoms with van der Waals surface area (Å²) in [6, 6.07) is 3.40. The van der Waals surface area contributed by atoms with Crippen LogP contribution in [0.15, 0.2) is 36.5 Å². The number of hydrogen-bond donors (Lipinski definition) is 4. The second-order valence-electron chi connectivity index (χ2n) is 9.79. The van der Waals surface area contributed by atoms with Gasteiger partial charge >= 0.3 is 6.18 Å². The van der Waals surface area contributed by atoms with Crippen LogP contribution in [-0.4, -0.2) is 52.5 Å². The molecule has 2 fully saturated rings. The Morgan fingerprint density at radius 3 is 2.48 bits per heavy atom. The maximum Gasteiger partial charge on any atom is 0.416 e. The van der Waals surface area contributed by atoms with E-state index in [1.165, 1.54) is 18.2 Å². The Hall–Kier alpha value is -4.00. The molecule has 212 valence electrons. The topological polar surface area (TPSA) is 146 Å². The predicted octanol–water partition coefficient (Wildman–Crippen LogP) is 2.87. The summed E-state index contributed by atoms with van der Waals surface area (Å²) in [5.41, 5.74) is -2.00. The van der Waals surface area contributed by atoms with Crippen LogP contribution in [0.3, 0.4) is 0 Å². The van der Waals surface area contributed by atoms with Crippen molar-refractivity contribution in [2.24, 2.45) is 5.92 Å². The number of carbonyl (C=O) groups excluding carboxylic acids is 5. The van der Waals surface area contributed by atoms with Gasteiger partial charge in [-0.25, -0.2) is 0 Å². The average molecular weight is 580 g/mol. The van der Waals surface area contributed by atoms with E-state index in [-0.39, 0.29) is 40.7 Å². The fourth-order valence-corrected chi connectivity index (χ4v) is 4.45. The van der Waals surface area contributed by atoms with Crippen molar-refractivity contribution in [3.63, 3.8) is 0 Å². The molecule has 0 radical (unpaired) electrons. The van der Waals surface area contributed by atoms with Crippen molar-refractivity contribution in [2.75, 3.05) is 5.32 Å². The van der Waals surface area contributed by atoms with Crippen molar-refractivity contribution >= 4 is 46.7 Å². The first-order chi connectivity index (χ1) is 18.8. The number of nitrogens with one attached hydrogen (secondary N) is 4. The molecule has 1 aromatic carbocycles. The van der Waals surface area contributed by atoms with Gasteiger partial charge in [0.1, 0.15) is 5.69 Å². The molecule has 1 aliphatic carbocycles. The second kappa shape index (κ2) is 11.6. The molecule has 4 rings (SSSR count). The molecule has 1 saturated heterocycles. The monoisotopic (exact) mass is 579 g/mol. The smallest absolute Gasteiger partial charge is 0.353 e. The minimum atomic E-state index is -4.70. The molecule has 4 N–H and O–H groups in total. The van der Waals surface area contributed by atoms with E-state index in [2.05, 4.69) is 26.3 Å². The molecule has 3 atom stereocenters. The molecule has 4 amide bonds. The van der Waals surface area contributed by atoms with Crippen molar-refractivity contribution in [3.05, 3.63) is 58.4 Å². The van der Waals surface area contributed by atoms with Gasteiger partial charge in [-0.15, -0.1) is 0 Å². The summed E-state index contributed by atoms with van der Waals surface area (Å²) in [4.78, 5) is 67.6. The van der Waals surface area contributed by atoms with Crippen LogP contribution in [0.4, 0.5) is 18.9 Å². The number of amides is 4. The van der Waals surface area contributed by atoms with Gasteiger partial charge in [0.05, 0.1) is 22.9 Å². The van der Waals surface area contributed by atoms with E-state index in [1.54, 1.807) is 6.92 Å². The average Bonchev–Trinajstić information content (AvgIpc) is 3.65. The van der Waals surface area contributed by atoms with Gasteiger partial charge < -0.3 is 21.3 Å². The Kier molecular flexibility index (Phi) is 8.43. The number of pyridine rings is 1. The predicted molar refractivity (Wildman–Crippen MR) is 136 cm³/mol. The molecule has 14 heteroatoms. The summed E-state index contributed by atoms with van der Waals surface area (Å²) in [7, 11) is 0. The highest BCUT2D eigenvalue weighted by atomic mass is 35.5. The number of benzene rings is 1. The van der Waals surface area contributed by atoms with Gasteiger partial charge in [0, 0.05) is 29.2 Å². The number of ketones is 1. The molecule has 10 nitrogen and oxygen atoms in total. The molecule has 0 spiro atoms. The van der Waals surface area contributed by atoms with E-state index in [4.69, 9.17) is 11.6 Å². The van der Waals surface area contributed by atoms with Crippen molar-refractivity contribution < 1.29 is 37.1 Å². The van der Waals surface area contributed by atoms with Crippen LogP contribution in [0.5, 0.6) is 0 Å². The summed E-state index contributed by atoms with van der Waals surface area (Å²) in [6.07, 6.45) is -2.17. The third-order valence-electron chi connectivity index (χ3n) is 6.47. The van der Waals surface area contributed by atoms with Crippen LogP contribution in [-0.2, 0) is 20.6 Å². The minimum Gasteiger partial charge on any atom is -0.353 e. The largest absolute Gasteiger partial charge is 0.416 e. The van der Waals surface area contributed by atoms with Crippen molar-refractivity contribution in [1.82, 2.24) is 20.9 Å². The standard InChI is InChI=1S/C26H25ClF3N5O5/c1-12-8-13(22(37)32-12)9-19(21(36)25(40)33-16-3-4-16)35-23(38)17-11-15(27)2-5-18(17)34-24(39)20-10-14(6-7-31-20)26(28,29)30/h2,5-7,10-13,16,19H,3-4,8-9H2,1H3,(H,32,37)(H,33,40)(H,34,39)(H,35,38)/t12-,13+,19?/m1/s1. The Bertz CT molecular complexity index is 1360. The van der Waals surface area contributed by atoms with E-state index in [0.29, 0.717) is 18.6 Å². The quantitative estimate of drug-likeness (QED) is 0.336. The van der Waals surface area contributed by atoms with Gasteiger partial charge in [-0.05, 0) is 62.9 Å². The fraction of sp³-hybridized carbons (Fsp3) is 0.385. The first-order valence-electron chi connectivity index (χ1n) is 12.4. The third-order valence-corrected chi connectivity index (χ3v) is 6.71. The highest BCUT2D eigenvalue weighted by molar-refractivity contribution is 6.38. The zero-order chi connectivity index (χ0) is 29.2.